The minimum atomic E-state index is -0.924. The molecule has 0 radical (unpaired) electrons. The lowest BCUT2D eigenvalue weighted by Gasteiger charge is -2.44. The van der Waals surface area contributed by atoms with Gasteiger partial charge in [0.15, 0.2) is 11.5 Å². The number of halogens is 2. The largest absolute Gasteiger partial charge is 0.504 e. The van der Waals surface area contributed by atoms with E-state index >= 15 is 0 Å². The summed E-state index contributed by atoms with van der Waals surface area (Å²) in [5.74, 6) is 0.138. The van der Waals surface area contributed by atoms with Gasteiger partial charge in [0.05, 0.1) is 12.7 Å². The molecule has 2 N–H and O–H groups in total. The minimum absolute atomic E-state index is 0.0264. The van der Waals surface area contributed by atoms with E-state index in [1.165, 1.54) is 25.3 Å². The van der Waals surface area contributed by atoms with Crippen LogP contribution in [0.2, 0.25) is 5.02 Å². The third kappa shape index (κ3) is 3.40. The van der Waals surface area contributed by atoms with Crippen molar-refractivity contribution in [1.29, 1.82) is 0 Å². The van der Waals surface area contributed by atoms with Gasteiger partial charge >= 0.3 is 0 Å². The maximum atomic E-state index is 13.2. The molecular formula is C21H23ClFNO3. The van der Waals surface area contributed by atoms with Crippen molar-refractivity contribution < 1.29 is 19.3 Å². The van der Waals surface area contributed by atoms with Gasteiger partial charge in [-0.1, -0.05) is 23.7 Å². The summed E-state index contributed by atoms with van der Waals surface area (Å²) in [7, 11) is 1.51. The lowest BCUT2D eigenvalue weighted by molar-refractivity contribution is -0.0595. The molecule has 2 saturated heterocycles. The second-order valence-electron chi connectivity index (χ2n) is 7.62. The van der Waals surface area contributed by atoms with E-state index in [-0.39, 0.29) is 23.7 Å². The van der Waals surface area contributed by atoms with Gasteiger partial charge in [-0.05, 0) is 55.0 Å². The number of hydrogen-bond acceptors (Lipinski definition) is 4. The van der Waals surface area contributed by atoms with Crippen molar-refractivity contribution in [3.8, 4) is 11.5 Å². The van der Waals surface area contributed by atoms with E-state index < -0.39 is 5.60 Å². The Morgan fingerprint density at radius 2 is 1.81 bits per heavy atom. The van der Waals surface area contributed by atoms with Crippen LogP contribution in [0.1, 0.15) is 36.8 Å². The first-order valence-electron chi connectivity index (χ1n) is 9.19. The van der Waals surface area contributed by atoms with E-state index in [4.69, 9.17) is 16.3 Å². The molecule has 2 bridgehead atoms. The van der Waals surface area contributed by atoms with Crippen molar-refractivity contribution in [2.24, 2.45) is 0 Å². The van der Waals surface area contributed by atoms with Crippen molar-refractivity contribution in [3.05, 3.63) is 58.4 Å². The fourth-order valence-electron chi connectivity index (χ4n) is 4.64. The van der Waals surface area contributed by atoms with Gasteiger partial charge in [-0.15, -0.1) is 0 Å². The summed E-state index contributed by atoms with van der Waals surface area (Å²) < 4.78 is 18.4. The van der Waals surface area contributed by atoms with E-state index in [1.807, 2.05) is 0 Å². The molecule has 0 aromatic heterocycles. The molecule has 2 heterocycles. The van der Waals surface area contributed by atoms with Gasteiger partial charge in [0.2, 0.25) is 0 Å². The van der Waals surface area contributed by atoms with Crippen molar-refractivity contribution in [1.82, 2.24) is 4.90 Å². The summed E-state index contributed by atoms with van der Waals surface area (Å²) in [6.07, 6.45) is 3.26. The van der Waals surface area contributed by atoms with Gasteiger partial charge in [-0.3, -0.25) is 4.90 Å². The van der Waals surface area contributed by atoms with Crippen molar-refractivity contribution in [2.75, 3.05) is 7.11 Å². The van der Waals surface area contributed by atoms with Crippen LogP contribution in [-0.4, -0.2) is 34.3 Å². The predicted octanol–water partition coefficient (Wildman–Crippen LogP) is 4.21. The molecule has 27 heavy (non-hydrogen) atoms. The summed E-state index contributed by atoms with van der Waals surface area (Å²) in [5.41, 5.74) is 0.757. The molecule has 0 amide bonds. The Bertz CT molecular complexity index is 828. The number of methoxy groups -OCH3 is 1. The van der Waals surface area contributed by atoms with Crippen molar-refractivity contribution in [3.63, 3.8) is 0 Å². The summed E-state index contributed by atoms with van der Waals surface area (Å²) >= 11 is 6.33. The third-order valence-electron chi connectivity index (χ3n) is 6.00. The molecule has 2 aliphatic rings. The van der Waals surface area contributed by atoms with Gasteiger partial charge < -0.3 is 14.9 Å². The number of phenolic OH excluding ortho intramolecular Hbond substituents is 1. The standard InChI is InChI=1S/C21H23ClFNO3/c1-27-20-8-13(18(22)9-19(20)25)12-24-16-6-7-17(24)11-21(26,10-16)14-2-4-15(23)5-3-14/h2-5,8-9,16-17,25-26H,6-7,10-12H2,1H3. The average Bonchev–Trinajstić information content (AvgIpc) is 2.88. The first kappa shape index (κ1) is 18.5. The topological polar surface area (TPSA) is 52.9 Å². The molecule has 0 aliphatic carbocycles. The summed E-state index contributed by atoms with van der Waals surface area (Å²) in [6.45, 7) is 0.643. The Morgan fingerprint density at radius 1 is 1.19 bits per heavy atom. The molecule has 2 aromatic rings. The Labute approximate surface area is 163 Å². The zero-order valence-electron chi connectivity index (χ0n) is 15.2. The highest BCUT2D eigenvalue weighted by Crippen LogP contribution is 2.47. The second kappa shape index (κ2) is 6.97. The second-order valence-corrected chi connectivity index (χ2v) is 8.03. The van der Waals surface area contributed by atoms with Gasteiger partial charge in [0.1, 0.15) is 5.82 Å². The van der Waals surface area contributed by atoms with E-state index in [2.05, 4.69) is 4.90 Å². The monoisotopic (exact) mass is 391 g/mol. The summed E-state index contributed by atoms with van der Waals surface area (Å²) in [5, 5.41) is 21.6. The maximum absolute atomic E-state index is 13.2. The number of phenols is 1. The predicted molar refractivity (Wildman–Crippen MR) is 102 cm³/mol. The van der Waals surface area contributed by atoms with E-state index in [1.54, 1.807) is 18.2 Å². The number of benzene rings is 2. The van der Waals surface area contributed by atoms with Crippen molar-refractivity contribution >= 4 is 11.6 Å². The number of piperidine rings is 1. The Kier molecular flexibility index (Phi) is 4.78. The van der Waals surface area contributed by atoms with Gasteiger partial charge in [0.25, 0.3) is 0 Å². The Hall–Kier alpha value is -1.82. The number of hydrogen-bond donors (Lipinski definition) is 2. The first-order chi connectivity index (χ1) is 12.9. The fraction of sp³-hybridized carbons (Fsp3) is 0.429. The quantitative estimate of drug-likeness (QED) is 0.819. The highest BCUT2D eigenvalue weighted by Gasteiger charge is 2.48. The van der Waals surface area contributed by atoms with Crippen LogP contribution >= 0.6 is 11.6 Å². The van der Waals surface area contributed by atoms with Crippen LogP contribution in [0.3, 0.4) is 0 Å². The number of aliphatic hydroxyl groups is 1. The van der Waals surface area contributed by atoms with Crippen LogP contribution in [0.5, 0.6) is 11.5 Å². The van der Waals surface area contributed by atoms with Gasteiger partial charge in [-0.25, -0.2) is 4.39 Å². The first-order valence-corrected chi connectivity index (χ1v) is 9.57. The van der Waals surface area contributed by atoms with Crippen LogP contribution in [-0.2, 0) is 12.1 Å². The number of fused-ring (bicyclic) bond motifs is 2. The molecule has 2 fully saturated rings. The molecule has 4 rings (SSSR count). The smallest absolute Gasteiger partial charge is 0.160 e. The Balaban J connectivity index is 1.56. The van der Waals surface area contributed by atoms with E-state index in [0.29, 0.717) is 30.2 Å². The minimum Gasteiger partial charge on any atom is -0.504 e. The zero-order valence-corrected chi connectivity index (χ0v) is 15.9. The SMILES string of the molecule is COc1cc(CN2C3CCC2CC(O)(c2ccc(F)cc2)C3)c(Cl)cc1O. The van der Waals surface area contributed by atoms with E-state index in [0.717, 1.165) is 24.0 Å². The molecule has 2 atom stereocenters. The van der Waals surface area contributed by atoms with Crippen LogP contribution in [0.15, 0.2) is 36.4 Å². The number of aromatic hydroxyl groups is 1. The molecule has 2 aromatic carbocycles. The van der Waals surface area contributed by atoms with E-state index in [9.17, 15) is 14.6 Å². The van der Waals surface area contributed by atoms with Crippen LogP contribution in [0.4, 0.5) is 4.39 Å². The normalized spacial score (nSPS) is 27.7. The van der Waals surface area contributed by atoms with Crippen molar-refractivity contribution in [2.45, 2.75) is 49.9 Å². The lowest BCUT2D eigenvalue weighted by atomic mass is 9.80. The molecule has 6 heteroatoms. The van der Waals surface area contributed by atoms with Crippen LogP contribution in [0, 0.1) is 5.82 Å². The highest BCUT2D eigenvalue weighted by atomic mass is 35.5. The van der Waals surface area contributed by atoms with Gasteiger partial charge in [0, 0.05) is 29.7 Å². The molecule has 2 unspecified atom stereocenters. The van der Waals surface area contributed by atoms with Crippen LogP contribution < -0.4 is 4.74 Å². The Morgan fingerprint density at radius 3 is 2.41 bits per heavy atom. The molecule has 2 aliphatic heterocycles. The highest BCUT2D eigenvalue weighted by molar-refractivity contribution is 6.31. The molecule has 0 saturated carbocycles. The lowest BCUT2D eigenvalue weighted by Crippen LogP contribution is -2.49. The summed E-state index contributed by atoms with van der Waals surface area (Å²) in [6, 6.07) is 9.94. The molecule has 144 valence electrons. The number of rotatable bonds is 4. The number of ether oxygens (including phenoxy) is 1. The van der Waals surface area contributed by atoms with Crippen LogP contribution in [0.25, 0.3) is 0 Å². The molecule has 4 nitrogen and oxygen atoms in total. The molecular weight excluding hydrogens is 369 g/mol. The third-order valence-corrected chi connectivity index (χ3v) is 6.35. The molecule has 0 spiro atoms. The summed E-state index contributed by atoms with van der Waals surface area (Å²) in [4.78, 5) is 2.38. The maximum Gasteiger partial charge on any atom is 0.160 e. The fourth-order valence-corrected chi connectivity index (χ4v) is 4.85. The number of nitrogens with zero attached hydrogens (tertiary/aromatic N) is 1. The van der Waals surface area contributed by atoms with Gasteiger partial charge in [-0.2, -0.15) is 0 Å². The zero-order chi connectivity index (χ0) is 19.2. The average molecular weight is 392 g/mol.